The summed E-state index contributed by atoms with van der Waals surface area (Å²) in [6, 6.07) is 10.4. The van der Waals surface area contributed by atoms with Gasteiger partial charge in [0.15, 0.2) is 0 Å². The second-order valence-corrected chi connectivity index (χ2v) is 4.83. The minimum atomic E-state index is 0.0215. The summed E-state index contributed by atoms with van der Waals surface area (Å²) in [4.78, 5) is 13.7. The molecule has 1 aliphatic carbocycles. The van der Waals surface area contributed by atoms with Crippen molar-refractivity contribution in [2.24, 2.45) is 5.92 Å². The zero-order valence-electron chi connectivity index (χ0n) is 10.5. The summed E-state index contributed by atoms with van der Waals surface area (Å²) >= 11 is 0. The van der Waals surface area contributed by atoms with Crippen molar-refractivity contribution in [3.63, 3.8) is 0 Å². The van der Waals surface area contributed by atoms with Crippen LogP contribution in [0.2, 0.25) is 0 Å². The Labute approximate surface area is 103 Å². The molecule has 0 aliphatic heterocycles. The fourth-order valence-corrected chi connectivity index (χ4v) is 1.98. The molecule has 1 unspecified atom stereocenters. The molecule has 1 aromatic carbocycles. The molecule has 3 nitrogen and oxygen atoms in total. The molecule has 0 radical (unpaired) electrons. The molecule has 0 aromatic heterocycles. The molecule has 1 aliphatic rings. The van der Waals surface area contributed by atoms with E-state index in [1.54, 1.807) is 0 Å². The number of hydrogen-bond donors (Lipinski definition) is 1. The van der Waals surface area contributed by atoms with Crippen molar-refractivity contribution >= 4 is 6.03 Å². The van der Waals surface area contributed by atoms with Gasteiger partial charge in [-0.2, -0.15) is 0 Å². The molecule has 3 heteroatoms. The van der Waals surface area contributed by atoms with Crippen LogP contribution < -0.4 is 5.32 Å². The van der Waals surface area contributed by atoms with Gasteiger partial charge >= 0.3 is 6.03 Å². The lowest BCUT2D eigenvalue weighted by molar-refractivity contribution is 0.187. The molecular formula is C14H20N2O. The zero-order chi connectivity index (χ0) is 12.3. The quantitative estimate of drug-likeness (QED) is 0.850. The van der Waals surface area contributed by atoms with Gasteiger partial charge in [-0.15, -0.1) is 0 Å². The van der Waals surface area contributed by atoms with Crippen LogP contribution in [0.3, 0.4) is 0 Å². The second-order valence-electron chi connectivity index (χ2n) is 4.83. The number of nitrogens with zero attached hydrogens (tertiary/aromatic N) is 1. The third-order valence-corrected chi connectivity index (χ3v) is 3.52. The van der Waals surface area contributed by atoms with E-state index in [0.717, 1.165) is 5.56 Å². The van der Waals surface area contributed by atoms with Crippen LogP contribution in [0.15, 0.2) is 30.3 Å². The van der Waals surface area contributed by atoms with Crippen LogP contribution in [-0.4, -0.2) is 24.0 Å². The molecule has 2 rings (SSSR count). The number of nitrogens with one attached hydrogen (secondary N) is 1. The van der Waals surface area contributed by atoms with E-state index in [4.69, 9.17) is 0 Å². The first kappa shape index (κ1) is 12.0. The number of urea groups is 1. The van der Waals surface area contributed by atoms with Crippen molar-refractivity contribution in [3.8, 4) is 0 Å². The van der Waals surface area contributed by atoms with E-state index in [-0.39, 0.29) is 6.03 Å². The third-order valence-electron chi connectivity index (χ3n) is 3.52. The number of amides is 2. The molecule has 2 amide bonds. The lowest BCUT2D eigenvalue weighted by Gasteiger charge is -2.25. The molecule has 0 bridgehead atoms. The standard InChI is InChI=1S/C14H20N2O/c1-11(13-8-9-13)16(2)14(17)15-10-12-6-4-3-5-7-12/h3-7,11,13H,8-10H2,1-2H3,(H,15,17). The highest BCUT2D eigenvalue weighted by Crippen LogP contribution is 2.34. The van der Waals surface area contributed by atoms with E-state index in [0.29, 0.717) is 18.5 Å². The first-order chi connectivity index (χ1) is 8.18. The maximum absolute atomic E-state index is 11.9. The molecule has 0 saturated heterocycles. The lowest BCUT2D eigenvalue weighted by Crippen LogP contribution is -2.42. The van der Waals surface area contributed by atoms with Crippen LogP contribution in [0.4, 0.5) is 4.79 Å². The van der Waals surface area contributed by atoms with E-state index >= 15 is 0 Å². The Balaban J connectivity index is 1.80. The Hall–Kier alpha value is -1.51. The maximum Gasteiger partial charge on any atom is 0.317 e. The predicted molar refractivity (Wildman–Crippen MR) is 68.6 cm³/mol. The number of hydrogen-bond acceptors (Lipinski definition) is 1. The van der Waals surface area contributed by atoms with Crippen molar-refractivity contribution in [2.75, 3.05) is 7.05 Å². The van der Waals surface area contributed by atoms with Crippen molar-refractivity contribution < 1.29 is 4.79 Å². The molecule has 1 fully saturated rings. The van der Waals surface area contributed by atoms with Crippen molar-refractivity contribution in [1.82, 2.24) is 10.2 Å². The highest BCUT2D eigenvalue weighted by atomic mass is 16.2. The topological polar surface area (TPSA) is 32.3 Å². The second kappa shape index (κ2) is 5.21. The highest BCUT2D eigenvalue weighted by molar-refractivity contribution is 5.74. The zero-order valence-corrected chi connectivity index (χ0v) is 10.5. The summed E-state index contributed by atoms with van der Waals surface area (Å²) in [5.74, 6) is 0.711. The van der Waals surface area contributed by atoms with Crippen LogP contribution in [0.1, 0.15) is 25.3 Å². The largest absolute Gasteiger partial charge is 0.334 e. The fraction of sp³-hybridized carbons (Fsp3) is 0.500. The molecule has 17 heavy (non-hydrogen) atoms. The number of benzene rings is 1. The van der Waals surface area contributed by atoms with Gasteiger partial charge in [0.2, 0.25) is 0 Å². The summed E-state index contributed by atoms with van der Waals surface area (Å²) in [7, 11) is 1.88. The van der Waals surface area contributed by atoms with Crippen LogP contribution in [0, 0.1) is 5.92 Å². The van der Waals surface area contributed by atoms with E-state index in [9.17, 15) is 4.79 Å². The van der Waals surface area contributed by atoms with Gasteiger partial charge in [-0.1, -0.05) is 30.3 Å². The molecule has 1 atom stereocenters. The van der Waals surface area contributed by atoms with Crippen LogP contribution in [0.5, 0.6) is 0 Å². The monoisotopic (exact) mass is 232 g/mol. The highest BCUT2D eigenvalue weighted by Gasteiger charge is 2.32. The number of carbonyl (C=O) groups is 1. The molecule has 0 heterocycles. The van der Waals surface area contributed by atoms with Crippen molar-refractivity contribution in [3.05, 3.63) is 35.9 Å². The first-order valence-electron chi connectivity index (χ1n) is 6.23. The Morgan fingerprint density at radius 1 is 1.41 bits per heavy atom. The molecule has 92 valence electrons. The molecular weight excluding hydrogens is 212 g/mol. The van der Waals surface area contributed by atoms with E-state index in [1.807, 2.05) is 42.3 Å². The Morgan fingerprint density at radius 3 is 2.65 bits per heavy atom. The van der Waals surface area contributed by atoms with E-state index in [1.165, 1.54) is 12.8 Å². The Morgan fingerprint density at radius 2 is 2.06 bits per heavy atom. The molecule has 1 N–H and O–H groups in total. The molecule has 1 aromatic rings. The predicted octanol–water partition coefficient (Wildman–Crippen LogP) is 2.63. The SMILES string of the molecule is CC(C1CC1)N(C)C(=O)NCc1ccccc1. The first-order valence-corrected chi connectivity index (χ1v) is 6.23. The van der Waals surface area contributed by atoms with Gasteiger partial charge in [-0.25, -0.2) is 4.79 Å². The normalized spacial score (nSPS) is 16.4. The van der Waals surface area contributed by atoms with Gasteiger partial charge in [-0.05, 0) is 31.2 Å². The Kier molecular flexibility index (Phi) is 3.67. The summed E-state index contributed by atoms with van der Waals surface area (Å²) in [5.41, 5.74) is 1.13. The van der Waals surface area contributed by atoms with Gasteiger partial charge < -0.3 is 10.2 Å². The summed E-state index contributed by atoms with van der Waals surface area (Å²) in [5, 5.41) is 2.95. The van der Waals surface area contributed by atoms with Crippen LogP contribution in [-0.2, 0) is 6.54 Å². The summed E-state index contributed by atoms with van der Waals surface area (Å²) < 4.78 is 0. The average molecular weight is 232 g/mol. The summed E-state index contributed by atoms with van der Waals surface area (Å²) in [6.45, 7) is 2.72. The van der Waals surface area contributed by atoms with Gasteiger partial charge in [-0.3, -0.25) is 0 Å². The molecule has 1 saturated carbocycles. The number of rotatable bonds is 4. The summed E-state index contributed by atoms with van der Waals surface area (Å²) in [6.07, 6.45) is 2.52. The third kappa shape index (κ3) is 3.22. The number of carbonyl (C=O) groups excluding carboxylic acids is 1. The average Bonchev–Trinajstić information content (AvgIpc) is 3.19. The molecule has 0 spiro atoms. The lowest BCUT2D eigenvalue weighted by atomic mass is 10.2. The minimum absolute atomic E-state index is 0.0215. The van der Waals surface area contributed by atoms with E-state index < -0.39 is 0 Å². The van der Waals surface area contributed by atoms with Crippen molar-refractivity contribution in [2.45, 2.75) is 32.4 Å². The fourth-order valence-electron chi connectivity index (χ4n) is 1.98. The maximum atomic E-state index is 11.9. The van der Waals surface area contributed by atoms with Crippen LogP contribution >= 0.6 is 0 Å². The Bertz CT molecular complexity index is 373. The minimum Gasteiger partial charge on any atom is -0.334 e. The van der Waals surface area contributed by atoms with Gasteiger partial charge in [0.1, 0.15) is 0 Å². The van der Waals surface area contributed by atoms with Gasteiger partial charge in [0.05, 0.1) is 0 Å². The smallest absolute Gasteiger partial charge is 0.317 e. The van der Waals surface area contributed by atoms with Gasteiger partial charge in [0.25, 0.3) is 0 Å². The van der Waals surface area contributed by atoms with Crippen molar-refractivity contribution in [1.29, 1.82) is 0 Å². The van der Waals surface area contributed by atoms with Crippen LogP contribution in [0.25, 0.3) is 0 Å². The van der Waals surface area contributed by atoms with Gasteiger partial charge in [0, 0.05) is 19.6 Å². The van der Waals surface area contributed by atoms with E-state index in [2.05, 4.69) is 12.2 Å².